The van der Waals surface area contributed by atoms with Crippen LogP contribution in [0.4, 0.5) is 0 Å². The molecule has 3 nitrogen and oxygen atoms in total. The number of amides is 1. The van der Waals surface area contributed by atoms with Crippen LogP contribution in [-0.2, 0) is 11.3 Å². The molecule has 1 heterocycles. The molecule has 1 aliphatic heterocycles. The molecule has 27 heavy (non-hydrogen) atoms. The number of hydrogen-bond acceptors (Lipinski definition) is 2. The lowest BCUT2D eigenvalue weighted by atomic mass is 9.49. The second kappa shape index (κ2) is 7.75. The lowest BCUT2D eigenvalue weighted by Gasteiger charge is -2.56. The van der Waals surface area contributed by atoms with Crippen molar-refractivity contribution in [2.75, 3.05) is 13.1 Å². The van der Waals surface area contributed by atoms with E-state index in [1.54, 1.807) is 0 Å². The molecule has 5 aliphatic rings. The zero-order chi connectivity index (χ0) is 17.6. The van der Waals surface area contributed by atoms with Crippen molar-refractivity contribution in [2.24, 2.45) is 23.2 Å². The van der Waals surface area contributed by atoms with Crippen molar-refractivity contribution in [3.05, 3.63) is 35.9 Å². The highest BCUT2D eigenvalue weighted by Gasteiger charge is 2.54. The normalized spacial score (nSPS) is 35.6. The summed E-state index contributed by atoms with van der Waals surface area (Å²) in [5.74, 6) is 2.96. The van der Waals surface area contributed by atoms with Gasteiger partial charge in [-0.25, -0.2) is 0 Å². The van der Waals surface area contributed by atoms with Crippen molar-refractivity contribution in [2.45, 2.75) is 64.0 Å². The summed E-state index contributed by atoms with van der Waals surface area (Å²) in [7, 11) is 0. The van der Waals surface area contributed by atoms with Crippen molar-refractivity contribution < 1.29 is 17.2 Å². The Morgan fingerprint density at radius 3 is 2.07 bits per heavy atom. The minimum atomic E-state index is 0. The Morgan fingerprint density at radius 1 is 0.963 bits per heavy atom. The maximum absolute atomic E-state index is 13.2. The second-order valence-electron chi connectivity index (χ2n) is 9.71. The van der Waals surface area contributed by atoms with Gasteiger partial charge in [0.2, 0.25) is 5.91 Å². The van der Waals surface area contributed by atoms with Crippen LogP contribution in [0.3, 0.4) is 0 Å². The monoisotopic (exact) mass is 387 g/mol. The molecule has 4 aliphatic carbocycles. The number of halogens is 1. The first kappa shape index (κ1) is 19.3. The predicted molar refractivity (Wildman–Crippen MR) is 103 cm³/mol. The van der Waals surface area contributed by atoms with Crippen LogP contribution < -0.4 is 17.7 Å². The molecular formula is C23H32ClN2O-. The number of hydrogen-bond donors (Lipinski definition) is 1. The van der Waals surface area contributed by atoms with Crippen molar-refractivity contribution >= 4 is 5.91 Å². The van der Waals surface area contributed by atoms with Gasteiger partial charge in [-0.05, 0) is 74.7 Å². The van der Waals surface area contributed by atoms with Crippen molar-refractivity contribution in [1.82, 2.24) is 10.2 Å². The maximum Gasteiger partial charge on any atom is 0.226 e. The van der Waals surface area contributed by atoms with E-state index in [1.165, 1.54) is 44.1 Å². The SMILES string of the molecule is O=C(NC1CCN(Cc2ccccc2)CC1)C12CC3CC(CC(C3)C1)C2.[Cl-]. The third-order valence-electron chi connectivity index (χ3n) is 7.69. The van der Waals surface area contributed by atoms with Crippen molar-refractivity contribution in [1.29, 1.82) is 0 Å². The number of nitrogens with zero attached hydrogens (tertiary/aromatic N) is 1. The summed E-state index contributed by atoms with van der Waals surface area (Å²) in [4.78, 5) is 15.7. The molecule has 1 aromatic rings. The molecule has 1 N–H and O–H groups in total. The van der Waals surface area contributed by atoms with Crippen LogP contribution in [0.1, 0.15) is 56.9 Å². The molecule has 1 aromatic carbocycles. The Bertz CT molecular complexity index is 618. The molecule has 4 heteroatoms. The summed E-state index contributed by atoms with van der Waals surface area (Å²) in [6.45, 7) is 3.23. The average Bonchev–Trinajstić information content (AvgIpc) is 2.63. The van der Waals surface area contributed by atoms with Crippen LogP contribution in [0.15, 0.2) is 30.3 Å². The smallest absolute Gasteiger partial charge is 0.226 e. The van der Waals surface area contributed by atoms with Gasteiger partial charge in [-0.3, -0.25) is 9.69 Å². The Kier molecular flexibility index (Phi) is 5.53. The Hall–Kier alpha value is -1.06. The Labute approximate surface area is 169 Å². The molecule has 0 radical (unpaired) electrons. The number of piperidine rings is 1. The molecule has 1 amide bonds. The predicted octanol–water partition coefficient (Wildman–Crippen LogP) is 0.988. The fraction of sp³-hybridized carbons (Fsp3) is 0.696. The summed E-state index contributed by atoms with van der Waals surface area (Å²) in [5, 5.41) is 3.49. The maximum atomic E-state index is 13.2. The number of rotatable bonds is 4. The minimum Gasteiger partial charge on any atom is -1.00 e. The number of carbonyl (C=O) groups is 1. The van der Waals surface area contributed by atoms with Crippen LogP contribution >= 0.6 is 0 Å². The van der Waals surface area contributed by atoms with Gasteiger partial charge in [0, 0.05) is 31.1 Å². The van der Waals surface area contributed by atoms with Crippen LogP contribution in [0, 0.1) is 23.2 Å². The van der Waals surface area contributed by atoms with E-state index in [4.69, 9.17) is 0 Å². The van der Waals surface area contributed by atoms with Gasteiger partial charge in [-0.2, -0.15) is 0 Å². The van der Waals surface area contributed by atoms with Gasteiger partial charge < -0.3 is 17.7 Å². The quantitative estimate of drug-likeness (QED) is 0.835. The van der Waals surface area contributed by atoms with E-state index in [9.17, 15) is 4.79 Å². The van der Waals surface area contributed by atoms with E-state index in [0.29, 0.717) is 11.9 Å². The molecule has 1 saturated heterocycles. The summed E-state index contributed by atoms with van der Waals surface area (Å²) < 4.78 is 0. The average molecular weight is 388 g/mol. The van der Waals surface area contributed by atoms with Crippen LogP contribution in [0.2, 0.25) is 0 Å². The lowest BCUT2D eigenvalue weighted by molar-refractivity contribution is -0.147. The van der Waals surface area contributed by atoms with Crippen LogP contribution in [0.25, 0.3) is 0 Å². The van der Waals surface area contributed by atoms with E-state index >= 15 is 0 Å². The van der Waals surface area contributed by atoms with Crippen LogP contribution in [-0.4, -0.2) is 29.9 Å². The Morgan fingerprint density at radius 2 is 1.52 bits per heavy atom. The first-order valence-corrected chi connectivity index (χ1v) is 10.8. The fourth-order valence-corrected chi connectivity index (χ4v) is 6.80. The first-order chi connectivity index (χ1) is 12.7. The Balaban J connectivity index is 0.00000180. The zero-order valence-electron chi connectivity index (χ0n) is 16.2. The molecular weight excluding hydrogens is 356 g/mol. The third-order valence-corrected chi connectivity index (χ3v) is 7.69. The van der Waals surface area contributed by atoms with E-state index in [0.717, 1.165) is 50.2 Å². The van der Waals surface area contributed by atoms with Gasteiger partial charge >= 0.3 is 0 Å². The first-order valence-electron chi connectivity index (χ1n) is 10.8. The van der Waals surface area contributed by atoms with Gasteiger partial charge in [0.1, 0.15) is 0 Å². The van der Waals surface area contributed by atoms with E-state index in [-0.39, 0.29) is 17.8 Å². The highest BCUT2D eigenvalue weighted by atomic mass is 35.5. The largest absolute Gasteiger partial charge is 1.00 e. The molecule has 0 unspecified atom stereocenters. The van der Waals surface area contributed by atoms with Gasteiger partial charge in [-0.15, -0.1) is 0 Å². The zero-order valence-corrected chi connectivity index (χ0v) is 17.0. The van der Waals surface area contributed by atoms with Gasteiger partial charge in [0.25, 0.3) is 0 Å². The third kappa shape index (κ3) is 3.91. The molecule has 0 spiro atoms. The molecule has 5 fully saturated rings. The van der Waals surface area contributed by atoms with Crippen molar-refractivity contribution in [3.8, 4) is 0 Å². The summed E-state index contributed by atoms with van der Waals surface area (Å²) in [6.07, 6.45) is 9.96. The minimum absolute atomic E-state index is 0. The van der Waals surface area contributed by atoms with Gasteiger partial charge in [0.15, 0.2) is 0 Å². The van der Waals surface area contributed by atoms with E-state index in [1.807, 2.05) is 0 Å². The van der Waals surface area contributed by atoms with Gasteiger partial charge in [0.05, 0.1) is 0 Å². The molecule has 4 bridgehead atoms. The number of likely N-dealkylation sites (tertiary alicyclic amines) is 1. The molecule has 0 atom stereocenters. The number of benzene rings is 1. The highest BCUT2D eigenvalue weighted by molar-refractivity contribution is 5.83. The topological polar surface area (TPSA) is 32.3 Å². The van der Waals surface area contributed by atoms with E-state index < -0.39 is 0 Å². The molecule has 148 valence electrons. The van der Waals surface area contributed by atoms with E-state index in [2.05, 4.69) is 40.5 Å². The lowest BCUT2D eigenvalue weighted by Crippen LogP contribution is -3.00. The standard InChI is InChI=1S/C23H32N2O.ClH/c26-22(23-13-18-10-19(14-23)12-20(11-18)15-23)24-21-6-8-25(9-7-21)16-17-4-2-1-3-5-17;/h1-5,18-21H,6-16H2,(H,24,26);1H/p-1. The fourth-order valence-electron chi connectivity index (χ4n) is 6.80. The van der Waals surface area contributed by atoms with Gasteiger partial charge in [-0.1, -0.05) is 30.3 Å². The summed E-state index contributed by atoms with van der Waals surface area (Å²) in [5.41, 5.74) is 1.40. The molecule has 4 saturated carbocycles. The number of carbonyl (C=O) groups excluding carboxylic acids is 1. The number of nitrogens with one attached hydrogen (secondary N) is 1. The highest BCUT2D eigenvalue weighted by Crippen LogP contribution is 2.60. The van der Waals surface area contributed by atoms with Crippen molar-refractivity contribution in [3.63, 3.8) is 0 Å². The summed E-state index contributed by atoms with van der Waals surface area (Å²) in [6, 6.07) is 11.1. The molecule has 0 aromatic heterocycles. The second-order valence-corrected chi connectivity index (χ2v) is 9.71. The summed E-state index contributed by atoms with van der Waals surface area (Å²) >= 11 is 0. The molecule has 6 rings (SSSR count). The van der Waals surface area contributed by atoms with Crippen LogP contribution in [0.5, 0.6) is 0 Å².